The third kappa shape index (κ3) is 9.45. The van der Waals surface area contributed by atoms with Gasteiger partial charge in [0.05, 0.1) is 18.1 Å². The summed E-state index contributed by atoms with van der Waals surface area (Å²) in [7, 11) is -8.20. The van der Waals surface area contributed by atoms with Gasteiger partial charge in [-0.25, -0.2) is 13.0 Å². The quantitative estimate of drug-likeness (QED) is 0.143. The number of rotatable bonds is 6. The summed E-state index contributed by atoms with van der Waals surface area (Å²) < 4.78 is 68.5. The van der Waals surface area contributed by atoms with Gasteiger partial charge in [0.25, 0.3) is 0 Å². The summed E-state index contributed by atoms with van der Waals surface area (Å²) >= 11 is 0. The molecule has 2 atom stereocenters. The zero-order chi connectivity index (χ0) is 32.3. The van der Waals surface area contributed by atoms with Crippen LogP contribution in [-0.4, -0.2) is 67.0 Å². The van der Waals surface area contributed by atoms with Crippen molar-refractivity contribution < 1.29 is 40.1 Å². The van der Waals surface area contributed by atoms with Crippen LogP contribution in [-0.2, 0) is 19.5 Å². The zero-order valence-electron chi connectivity index (χ0n) is 26.1. The standard InChI is InChI=1S/C30H45N2O2Si.CHF3O3S/c1-29(2,3)35(6,7)34-32-28(26(23-30(4,5)33-32)24-16-10-8-11-17-24)22-27(31-20-14-15-21-31)25-18-12-9-13-19-25;2-1(3,4)8(5,6)7/h8-13,16-19,26,28H,14-15,20-23H2,1-7H3;(H,5,6,7)/q+1;/p-1/t26-,28+;/m0./s1. The lowest BCUT2D eigenvalue weighted by Crippen LogP contribution is -2.57. The van der Waals surface area contributed by atoms with Crippen LogP contribution in [0.25, 0.3) is 0 Å². The summed E-state index contributed by atoms with van der Waals surface area (Å²) in [4.78, 5) is 6.68. The monoisotopic (exact) mass is 642 g/mol. The van der Waals surface area contributed by atoms with Gasteiger partial charge in [-0.15, -0.1) is 0 Å². The molecule has 0 unspecified atom stereocenters. The molecule has 2 saturated heterocycles. The summed E-state index contributed by atoms with van der Waals surface area (Å²) in [6.07, 6.45) is 4.38. The van der Waals surface area contributed by atoms with Crippen molar-refractivity contribution in [3.05, 3.63) is 71.8 Å². The van der Waals surface area contributed by atoms with Crippen LogP contribution in [0.4, 0.5) is 13.2 Å². The highest BCUT2D eigenvalue weighted by molar-refractivity contribution is 7.86. The van der Waals surface area contributed by atoms with E-state index in [2.05, 4.69) is 113 Å². The van der Waals surface area contributed by atoms with Gasteiger partial charge in [-0.2, -0.15) is 13.2 Å². The minimum atomic E-state index is -6.09. The van der Waals surface area contributed by atoms with Gasteiger partial charge in [0.15, 0.2) is 15.8 Å². The lowest BCUT2D eigenvalue weighted by Gasteiger charge is -2.50. The molecule has 2 aromatic rings. The van der Waals surface area contributed by atoms with Gasteiger partial charge in [-0.05, 0) is 56.1 Å². The van der Waals surface area contributed by atoms with Gasteiger partial charge < -0.3 is 9.08 Å². The Bertz CT molecular complexity index is 1340. The number of benzene rings is 2. The molecule has 2 fully saturated rings. The number of nitrogens with zero attached hydrogens (tertiary/aromatic N) is 2. The molecular formula is C31H45F3N2O5SSi. The molecule has 0 aliphatic carbocycles. The fraction of sp³-hybridized carbons (Fsp3) is 0.581. The highest BCUT2D eigenvalue weighted by Crippen LogP contribution is 2.44. The summed E-state index contributed by atoms with van der Waals surface area (Å²) in [5.74, 6) is 0.311. The molecule has 43 heavy (non-hydrogen) atoms. The van der Waals surface area contributed by atoms with Gasteiger partial charge in [-0.3, -0.25) is 4.84 Å². The van der Waals surface area contributed by atoms with Gasteiger partial charge in [-0.1, -0.05) is 74.5 Å². The molecule has 0 radical (unpaired) electrons. The van der Waals surface area contributed by atoms with Crippen LogP contribution in [0.1, 0.15) is 77.3 Å². The normalized spacial score (nSPS) is 21.7. The minimum absolute atomic E-state index is 0.0890. The summed E-state index contributed by atoms with van der Waals surface area (Å²) in [6.45, 7) is 18.2. The van der Waals surface area contributed by atoms with Crippen LogP contribution < -0.4 is 0 Å². The van der Waals surface area contributed by atoms with Crippen LogP contribution in [0.2, 0.25) is 18.1 Å². The molecule has 2 heterocycles. The van der Waals surface area contributed by atoms with Crippen molar-refractivity contribution in [3.63, 3.8) is 0 Å². The van der Waals surface area contributed by atoms with Crippen LogP contribution >= 0.6 is 0 Å². The van der Waals surface area contributed by atoms with Gasteiger partial charge >= 0.3 is 5.51 Å². The first-order valence-electron chi connectivity index (χ1n) is 14.6. The first-order chi connectivity index (χ1) is 19.7. The topological polar surface area (TPSA) is 81.9 Å². The third-order valence-electron chi connectivity index (χ3n) is 8.42. The largest absolute Gasteiger partial charge is 0.741 e. The number of hydrogen-bond donors (Lipinski definition) is 0. The van der Waals surface area contributed by atoms with E-state index >= 15 is 0 Å². The molecule has 0 amide bonds. The predicted molar refractivity (Wildman–Crippen MR) is 163 cm³/mol. The van der Waals surface area contributed by atoms with Gasteiger partial charge in [0, 0.05) is 24.3 Å². The van der Waals surface area contributed by atoms with Crippen molar-refractivity contribution in [2.45, 2.75) is 102 Å². The third-order valence-corrected chi connectivity index (χ3v) is 13.2. The SMILES string of the molecule is CC1(C)C[C@@H](c2ccccc2)[C@@H](CC(c2ccccc2)=[N+]2CCCC2)N(O[Si](C)(C)C(C)(C)C)O1.O=S(=O)([O-])C(F)(F)F. The fourth-order valence-corrected chi connectivity index (χ4v) is 6.01. The lowest BCUT2D eigenvalue weighted by atomic mass is 9.79. The van der Waals surface area contributed by atoms with E-state index in [9.17, 15) is 13.2 Å². The van der Waals surface area contributed by atoms with Crippen LogP contribution in [0, 0.1) is 0 Å². The van der Waals surface area contributed by atoms with E-state index in [-0.39, 0.29) is 16.7 Å². The second-order valence-electron chi connectivity index (χ2n) is 13.4. The predicted octanol–water partition coefficient (Wildman–Crippen LogP) is 7.23. The van der Waals surface area contributed by atoms with Crippen LogP contribution in [0.3, 0.4) is 0 Å². The van der Waals surface area contributed by atoms with Crippen LogP contribution in [0.5, 0.6) is 0 Å². The molecule has 0 saturated carbocycles. The van der Waals surface area contributed by atoms with E-state index < -0.39 is 23.9 Å². The number of halogens is 3. The maximum atomic E-state index is 10.7. The average molecular weight is 643 g/mol. The maximum absolute atomic E-state index is 10.7. The van der Waals surface area contributed by atoms with E-state index in [1.807, 2.05) is 5.23 Å². The molecule has 12 heteroatoms. The smallest absolute Gasteiger partial charge is 0.485 e. The highest BCUT2D eigenvalue weighted by atomic mass is 32.2. The average Bonchev–Trinajstić information content (AvgIpc) is 3.41. The van der Waals surface area contributed by atoms with Gasteiger partial charge in [0.2, 0.25) is 8.32 Å². The van der Waals surface area contributed by atoms with Crippen molar-refractivity contribution in [2.75, 3.05) is 13.1 Å². The Hall–Kier alpha value is -2.09. The molecule has 4 rings (SSSR count). The molecule has 2 aliphatic rings. The molecule has 0 aromatic heterocycles. The van der Waals surface area contributed by atoms with E-state index in [4.69, 9.17) is 22.3 Å². The molecular weight excluding hydrogens is 597 g/mol. The summed E-state index contributed by atoms with van der Waals surface area (Å²) in [5, 5.41) is 2.04. The Kier molecular flexibility index (Phi) is 11.1. The van der Waals surface area contributed by atoms with E-state index in [0.29, 0.717) is 5.92 Å². The Labute approximate surface area is 255 Å². The van der Waals surface area contributed by atoms with Crippen molar-refractivity contribution in [1.29, 1.82) is 0 Å². The number of alkyl halides is 3. The Morgan fingerprint density at radius 3 is 1.98 bits per heavy atom. The fourth-order valence-electron chi connectivity index (χ4n) is 5.11. The molecule has 0 N–H and O–H groups in total. The number of hydroxylamine groups is 2. The second kappa shape index (κ2) is 13.5. The van der Waals surface area contributed by atoms with Gasteiger partial charge in [0.1, 0.15) is 13.1 Å². The molecule has 7 nitrogen and oxygen atoms in total. The minimum Gasteiger partial charge on any atom is -0.741 e. The van der Waals surface area contributed by atoms with E-state index in [1.54, 1.807) is 0 Å². The Morgan fingerprint density at radius 1 is 1.02 bits per heavy atom. The lowest BCUT2D eigenvalue weighted by molar-refractivity contribution is -0.507. The molecule has 0 spiro atoms. The zero-order valence-corrected chi connectivity index (χ0v) is 28.0. The van der Waals surface area contributed by atoms with Crippen molar-refractivity contribution in [3.8, 4) is 0 Å². The van der Waals surface area contributed by atoms with Crippen molar-refractivity contribution in [1.82, 2.24) is 5.23 Å². The number of hydrogen-bond acceptors (Lipinski definition) is 6. The maximum Gasteiger partial charge on any atom is 0.485 e. The Balaban J connectivity index is 0.000000557. The van der Waals surface area contributed by atoms with Crippen molar-refractivity contribution >= 4 is 24.1 Å². The van der Waals surface area contributed by atoms with E-state index in [0.717, 1.165) is 25.9 Å². The molecule has 2 aliphatic heterocycles. The Morgan fingerprint density at radius 2 is 1.51 bits per heavy atom. The molecule has 2 aromatic carbocycles. The van der Waals surface area contributed by atoms with E-state index in [1.165, 1.54) is 29.7 Å². The molecule has 0 bridgehead atoms. The first kappa shape index (κ1) is 35.4. The summed E-state index contributed by atoms with van der Waals surface area (Å²) in [6, 6.07) is 22.0. The van der Waals surface area contributed by atoms with Crippen LogP contribution in [0.15, 0.2) is 60.7 Å². The van der Waals surface area contributed by atoms with Crippen molar-refractivity contribution in [2.24, 2.45) is 0 Å². The summed E-state index contributed by atoms with van der Waals surface area (Å²) in [5.41, 5.74) is -1.85. The highest BCUT2D eigenvalue weighted by Gasteiger charge is 2.49. The molecule has 240 valence electrons. The second-order valence-corrected chi connectivity index (χ2v) is 19.5. The first-order valence-corrected chi connectivity index (χ1v) is 18.9.